The molecule has 4 nitrogen and oxygen atoms in total. The highest BCUT2D eigenvalue weighted by molar-refractivity contribution is 9.10. The van der Waals surface area contributed by atoms with E-state index in [1.54, 1.807) is 6.07 Å². The third-order valence-electron chi connectivity index (χ3n) is 1.51. The average molecular weight is 293 g/mol. The average Bonchev–Trinajstić information content (AvgIpc) is 2.16. The maximum atomic E-state index is 10.5. The SMILES string of the molecule is C=C(Cl)COc1cc([N+](=O)[O-])ccc1Br. The number of rotatable bonds is 4. The van der Waals surface area contributed by atoms with E-state index in [4.69, 9.17) is 16.3 Å². The molecule has 0 atom stereocenters. The highest BCUT2D eigenvalue weighted by atomic mass is 79.9. The number of halogens is 2. The van der Waals surface area contributed by atoms with E-state index in [9.17, 15) is 10.1 Å². The largest absolute Gasteiger partial charge is 0.487 e. The van der Waals surface area contributed by atoms with Gasteiger partial charge in [-0.2, -0.15) is 0 Å². The number of hydrogen-bond donors (Lipinski definition) is 0. The Morgan fingerprint density at radius 3 is 2.87 bits per heavy atom. The second-order valence-corrected chi connectivity index (χ2v) is 4.07. The molecule has 0 radical (unpaired) electrons. The van der Waals surface area contributed by atoms with Gasteiger partial charge in [0, 0.05) is 11.1 Å². The number of nitro groups is 1. The molecule has 0 aromatic heterocycles. The van der Waals surface area contributed by atoms with E-state index >= 15 is 0 Å². The molecule has 0 fully saturated rings. The molecule has 1 rings (SSSR count). The maximum absolute atomic E-state index is 10.5. The molecule has 1 aromatic carbocycles. The molecule has 0 amide bonds. The molecule has 15 heavy (non-hydrogen) atoms. The van der Waals surface area contributed by atoms with Gasteiger partial charge in [-0.1, -0.05) is 18.2 Å². The predicted octanol–water partition coefficient (Wildman–Crippen LogP) is 3.49. The van der Waals surface area contributed by atoms with Gasteiger partial charge in [-0.3, -0.25) is 10.1 Å². The van der Waals surface area contributed by atoms with Gasteiger partial charge in [0.05, 0.1) is 15.5 Å². The zero-order valence-corrected chi connectivity index (χ0v) is 9.92. The molecule has 0 saturated carbocycles. The van der Waals surface area contributed by atoms with Crippen molar-refractivity contribution in [3.63, 3.8) is 0 Å². The summed E-state index contributed by atoms with van der Waals surface area (Å²) in [6.07, 6.45) is 0. The van der Waals surface area contributed by atoms with E-state index in [2.05, 4.69) is 22.5 Å². The lowest BCUT2D eigenvalue weighted by molar-refractivity contribution is -0.384. The molecule has 0 N–H and O–H groups in total. The molecule has 0 unspecified atom stereocenters. The number of hydrogen-bond acceptors (Lipinski definition) is 3. The summed E-state index contributed by atoms with van der Waals surface area (Å²) in [4.78, 5) is 10.0. The van der Waals surface area contributed by atoms with Crippen LogP contribution < -0.4 is 4.74 Å². The Balaban J connectivity index is 2.90. The Morgan fingerprint density at radius 1 is 1.67 bits per heavy atom. The van der Waals surface area contributed by atoms with Crippen molar-refractivity contribution < 1.29 is 9.66 Å². The summed E-state index contributed by atoms with van der Waals surface area (Å²) in [5, 5.41) is 10.8. The fraction of sp³-hybridized carbons (Fsp3) is 0.111. The van der Waals surface area contributed by atoms with Crippen LogP contribution in [0.1, 0.15) is 0 Å². The highest BCUT2D eigenvalue weighted by Gasteiger charge is 2.10. The van der Waals surface area contributed by atoms with Gasteiger partial charge in [0.1, 0.15) is 12.4 Å². The van der Waals surface area contributed by atoms with Crippen molar-refractivity contribution in [2.24, 2.45) is 0 Å². The Kier molecular flexibility index (Phi) is 4.11. The molecule has 1 aromatic rings. The molecule has 0 aliphatic heterocycles. The fourth-order valence-corrected chi connectivity index (χ4v) is 1.29. The topological polar surface area (TPSA) is 52.4 Å². The van der Waals surface area contributed by atoms with Gasteiger partial charge in [0.15, 0.2) is 0 Å². The van der Waals surface area contributed by atoms with Crippen LogP contribution in [0.5, 0.6) is 5.75 Å². The molecule has 80 valence electrons. The summed E-state index contributed by atoms with van der Waals surface area (Å²) in [6, 6.07) is 4.25. The normalized spacial score (nSPS) is 9.73. The number of nitrogens with zero attached hydrogens (tertiary/aromatic N) is 1. The number of nitro benzene ring substituents is 1. The summed E-state index contributed by atoms with van der Waals surface area (Å²) in [5.74, 6) is 0.367. The van der Waals surface area contributed by atoms with Gasteiger partial charge in [0.2, 0.25) is 0 Å². The Hall–Kier alpha value is -1.07. The van der Waals surface area contributed by atoms with E-state index < -0.39 is 4.92 Å². The van der Waals surface area contributed by atoms with Crippen LogP contribution in [-0.4, -0.2) is 11.5 Å². The van der Waals surface area contributed by atoms with Gasteiger partial charge in [-0.05, 0) is 22.0 Å². The number of ether oxygens (including phenoxy) is 1. The summed E-state index contributed by atoms with van der Waals surface area (Å²) in [5.41, 5.74) is -0.0339. The molecular formula is C9H7BrClNO3. The summed E-state index contributed by atoms with van der Waals surface area (Å²) in [7, 11) is 0. The van der Waals surface area contributed by atoms with Crippen molar-refractivity contribution in [1.82, 2.24) is 0 Å². The van der Waals surface area contributed by atoms with E-state index in [1.807, 2.05) is 0 Å². The lowest BCUT2D eigenvalue weighted by Gasteiger charge is -2.06. The molecule has 0 aliphatic carbocycles. The van der Waals surface area contributed by atoms with Gasteiger partial charge < -0.3 is 4.74 Å². The van der Waals surface area contributed by atoms with Gasteiger partial charge in [0.25, 0.3) is 5.69 Å². The first-order valence-electron chi connectivity index (χ1n) is 3.90. The van der Waals surface area contributed by atoms with E-state index in [0.717, 1.165) is 0 Å². The van der Waals surface area contributed by atoms with Gasteiger partial charge >= 0.3 is 0 Å². The van der Waals surface area contributed by atoms with Crippen molar-refractivity contribution in [3.05, 3.63) is 44.4 Å². The molecule has 6 heteroatoms. The minimum atomic E-state index is -0.491. The molecule has 0 bridgehead atoms. The Morgan fingerprint density at radius 2 is 2.33 bits per heavy atom. The summed E-state index contributed by atoms with van der Waals surface area (Å²) >= 11 is 8.72. The van der Waals surface area contributed by atoms with E-state index in [1.165, 1.54) is 12.1 Å². The van der Waals surface area contributed by atoms with Crippen molar-refractivity contribution in [1.29, 1.82) is 0 Å². The van der Waals surface area contributed by atoms with E-state index in [-0.39, 0.29) is 12.3 Å². The lowest BCUT2D eigenvalue weighted by Crippen LogP contribution is -1.98. The minimum absolute atomic E-state index is 0.0339. The third-order valence-corrected chi connectivity index (χ3v) is 2.27. The van der Waals surface area contributed by atoms with Crippen LogP contribution in [0.25, 0.3) is 0 Å². The quantitative estimate of drug-likeness (QED) is 0.630. The lowest BCUT2D eigenvalue weighted by atomic mass is 10.3. The number of benzene rings is 1. The monoisotopic (exact) mass is 291 g/mol. The van der Waals surface area contributed by atoms with Gasteiger partial charge in [-0.25, -0.2) is 0 Å². The molecule has 0 saturated heterocycles. The Labute approximate surface area is 99.8 Å². The third kappa shape index (κ3) is 3.53. The van der Waals surface area contributed by atoms with Crippen LogP contribution >= 0.6 is 27.5 Å². The maximum Gasteiger partial charge on any atom is 0.273 e. The smallest absolute Gasteiger partial charge is 0.273 e. The molecular weight excluding hydrogens is 285 g/mol. The first kappa shape index (κ1) is 12.0. The van der Waals surface area contributed by atoms with Crippen LogP contribution in [0.15, 0.2) is 34.3 Å². The molecule has 0 spiro atoms. The van der Waals surface area contributed by atoms with Crippen molar-refractivity contribution >= 4 is 33.2 Å². The van der Waals surface area contributed by atoms with Gasteiger partial charge in [-0.15, -0.1) is 0 Å². The summed E-state index contributed by atoms with van der Waals surface area (Å²) < 4.78 is 5.84. The minimum Gasteiger partial charge on any atom is -0.487 e. The van der Waals surface area contributed by atoms with Crippen molar-refractivity contribution in [3.8, 4) is 5.75 Å². The van der Waals surface area contributed by atoms with Crippen molar-refractivity contribution in [2.45, 2.75) is 0 Å². The zero-order valence-electron chi connectivity index (χ0n) is 7.57. The standard InChI is InChI=1S/C9H7BrClNO3/c1-6(11)5-15-9-4-7(12(13)14)2-3-8(9)10/h2-4H,1,5H2. The zero-order chi connectivity index (χ0) is 11.4. The van der Waals surface area contributed by atoms with Crippen LogP contribution in [0.2, 0.25) is 0 Å². The van der Waals surface area contributed by atoms with Crippen LogP contribution in [0.3, 0.4) is 0 Å². The predicted molar refractivity (Wildman–Crippen MR) is 61.3 cm³/mol. The second kappa shape index (κ2) is 5.14. The van der Waals surface area contributed by atoms with Crippen LogP contribution in [-0.2, 0) is 0 Å². The van der Waals surface area contributed by atoms with Crippen LogP contribution in [0, 0.1) is 10.1 Å². The first-order valence-corrected chi connectivity index (χ1v) is 5.08. The van der Waals surface area contributed by atoms with Crippen LogP contribution in [0.4, 0.5) is 5.69 Å². The first-order chi connectivity index (χ1) is 7.00. The molecule has 0 aliphatic rings. The van der Waals surface area contributed by atoms with E-state index in [0.29, 0.717) is 15.3 Å². The molecule has 0 heterocycles. The summed E-state index contributed by atoms with van der Waals surface area (Å²) in [6.45, 7) is 3.56. The Bertz CT molecular complexity index is 408. The van der Waals surface area contributed by atoms with Crippen molar-refractivity contribution in [2.75, 3.05) is 6.61 Å². The fourth-order valence-electron chi connectivity index (χ4n) is 0.872. The number of non-ortho nitro benzene ring substituents is 1. The highest BCUT2D eigenvalue weighted by Crippen LogP contribution is 2.29. The second-order valence-electron chi connectivity index (χ2n) is 2.68.